The van der Waals surface area contributed by atoms with Crippen LogP contribution in [0.4, 0.5) is 8.78 Å². The Labute approximate surface area is 231 Å². The van der Waals surface area contributed by atoms with E-state index in [-0.39, 0.29) is 30.1 Å². The van der Waals surface area contributed by atoms with Gasteiger partial charge in [-0.1, -0.05) is 31.2 Å². The van der Waals surface area contributed by atoms with E-state index in [2.05, 4.69) is 0 Å². The van der Waals surface area contributed by atoms with E-state index in [4.69, 9.17) is 4.84 Å². The van der Waals surface area contributed by atoms with E-state index in [9.17, 15) is 19.8 Å². The number of Topliss-reactive ketones (excluding diaryl/α,β-unsaturated/α-hetero) is 1. The molecule has 1 aliphatic heterocycles. The molecule has 5 aliphatic rings. The summed E-state index contributed by atoms with van der Waals surface area (Å²) in [5.74, 6) is -1.80. The molecule has 0 bridgehead atoms. The first kappa shape index (κ1) is 27.3. The second-order valence-electron chi connectivity index (χ2n) is 12.2. The van der Waals surface area contributed by atoms with Crippen LogP contribution in [0.5, 0.6) is 0 Å². The second kappa shape index (κ2) is 9.31. The van der Waals surface area contributed by atoms with Crippen molar-refractivity contribution in [1.29, 1.82) is 0 Å². The lowest BCUT2D eigenvalue weighted by molar-refractivity contribution is -0.266. The van der Waals surface area contributed by atoms with Crippen molar-refractivity contribution in [3.05, 3.63) is 54.1 Å². The number of allylic oxidation sites excluding steroid dienone is 4. The van der Waals surface area contributed by atoms with Crippen molar-refractivity contribution >= 4 is 23.3 Å². The highest BCUT2D eigenvalue weighted by molar-refractivity contribution is 7.99. The van der Waals surface area contributed by atoms with Crippen LogP contribution in [0.1, 0.15) is 33.1 Å². The number of rotatable bonds is 6. The number of halogens is 2. The van der Waals surface area contributed by atoms with E-state index in [1.54, 1.807) is 23.7 Å². The molecule has 1 aromatic rings. The van der Waals surface area contributed by atoms with Crippen LogP contribution >= 0.6 is 11.8 Å². The first-order chi connectivity index (χ1) is 18.5. The number of aliphatic hydroxyl groups excluding tert-OH is 2. The van der Waals surface area contributed by atoms with Crippen LogP contribution in [-0.4, -0.2) is 75.8 Å². The first-order valence-electron chi connectivity index (χ1n) is 13.7. The van der Waals surface area contributed by atoms with Gasteiger partial charge in [0, 0.05) is 46.4 Å². The summed E-state index contributed by atoms with van der Waals surface area (Å²) in [6, 6.07) is 9.96. The molecule has 2 N–H and O–H groups in total. The fourth-order valence-corrected chi connectivity index (χ4v) is 9.74. The van der Waals surface area contributed by atoms with Gasteiger partial charge in [-0.2, -0.15) is 5.06 Å². The molecule has 0 amide bonds. The Balaban J connectivity index is 1.32. The van der Waals surface area contributed by atoms with Gasteiger partial charge in [0.05, 0.1) is 6.10 Å². The summed E-state index contributed by atoms with van der Waals surface area (Å²) in [7, 11) is 0. The van der Waals surface area contributed by atoms with Crippen LogP contribution in [0.3, 0.4) is 0 Å². The van der Waals surface area contributed by atoms with Gasteiger partial charge in [0.25, 0.3) is 0 Å². The highest BCUT2D eigenvalue weighted by Gasteiger charge is 2.79. The number of benzene rings is 1. The van der Waals surface area contributed by atoms with Gasteiger partial charge in [-0.25, -0.2) is 8.78 Å². The van der Waals surface area contributed by atoms with Gasteiger partial charge >= 0.3 is 0 Å². The van der Waals surface area contributed by atoms with Crippen LogP contribution in [0.2, 0.25) is 0 Å². The van der Waals surface area contributed by atoms with Gasteiger partial charge in [0.2, 0.25) is 0 Å². The number of hydroxylamine groups is 2. The summed E-state index contributed by atoms with van der Waals surface area (Å²) in [5, 5.41) is 23.4. The Morgan fingerprint density at radius 3 is 2.67 bits per heavy atom. The molecular formula is C30H35F2NO5S. The number of ketones is 2. The molecule has 39 heavy (non-hydrogen) atoms. The molecule has 9 heteroatoms. The SMILES string of the molecule is C[C@]12C=CC(=O)C=C1[C@@H](F)C[C@H]1[C@@H]3C[C@H]4CN(CCSc5ccccc5)O[C@@]4(C(=O)CO)[C@@]3(C)C[C@H](O)[C@@]12F. The number of hydrogen-bond donors (Lipinski definition) is 2. The van der Waals surface area contributed by atoms with Crippen LogP contribution in [0.15, 0.2) is 59.0 Å². The number of carbonyl (C=O) groups is 2. The summed E-state index contributed by atoms with van der Waals surface area (Å²) >= 11 is 1.67. The second-order valence-corrected chi connectivity index (χ2v) is 13.4. The van der Waals surface area contributed by atoms with E-state index >= 15 is 8.78 Å². The molecule has 1 heterocycles. The van der Waals surface area contributed by atoms with E-state index < -0.39 is 58.6 Å². The van der Waals surface area contributed by atoms with Crippen LogP contribution < -0.4 is 0 Å². The molecular weight excluding hydrogens is 524 g/mol. The molecule has 1 aromatic carbocycles. The zero-order valence-electron chi connectivity index (χ0n) is 22.2. The Bertz CT molecular complexity index is 1240. The molecule has 3 saturated carbocycles. The fraction of sp³-hybridized carbons (Fsp3) is 0.600. The van der Waals surface area contributed by atoms with Crippen molar-refractivity contribution in [3.8, 4) is 0 Å². The maximum absolute atomic E-state index is 17.4. The summed E-state index contributed by atoms with van der Waals surface area (Å²) in [6.45, 7) is 3.67. The third-order valence-electron chi connectivity index (χ3n) is 10.6. The largest absolute Gasteiger partial charge is 0.390 e. The van der Waals surface area contributed by atoms with Gasteiger partial charge in [-0.3, -0.25) is 14.4 Å². The van der Waals surface area contributed by atoms with Crippen molar-refractivity contribution in [1.82, 2.24) is 5.06 Å². The van der Waals surface area contributed by atoms with Crippen LogP contribution in [0.25, 0.3) is 0 Å². The zero-order chi connectivity index (χ0) is 27.8. The van der Waals surface area contributed by atoms with Crippen molar-refractivity contribution < 1.29 is 33.4 Å². The smallest absolute Gasteiger partial charge is 0.192 e. The quantitative estimate of drug-likeness (QED) is 0.512. The fourth-order valence-electron chi connectivity index (χ4n) is 8.86. The molecule has 0 unspecified atom stereocenters. The number of nitrogens with zero attached hydrogens (tertiary/aromatic N) is 1. The molecule has 0 radical (unpaired) electrons. The summed E-state index contributed by atoms with van der Waals surface area (Å²) in [5.41, 5.74) is -6.04. The summed E-state index contributed by atoms with van der Waals surface area (Å²) < 4.78 is 33.1. The van der Waals surface area contributed by atoms with Crippen molar-refractivity contribution in [2.45, 2.75) is 61.6 Å². The standard InChI is InChI=1S/C30H35F2NO5S/c1-27-9-8-19(35)13-23(27)24(31)14-22-21-12-18-16-33(10-11-39-20-6-4-3-5-7-20)38-30(18,26(37)17-34)28(21,2)15-25(36)29(22,27)32/h3-9,13,18,21-22,24-25,34,36H,10-12,14-17H2,1-2H3/t18-,21-,22-,24-,25-,27-,28-,29-,30-/m0/s1. The average Bonchev–Trinajstić information content (AvgIpc) is 3.39. The third kappa shape index (κ3) is 3.59. The van der Waals surface area contributed by atoms with Gasteiger partial charge in [-0.05, 0) is 62.0 Å². The number of carbonyl (C=O) groups excluding carboxylic acids is 2. The van der Waals surface area contributed by atoms with Gasteiger partial charge < -0.3 is 10.2 Å². The molecule has 1 saturated heterocycles. The molecule has 6 nitrogen and oxygen atoms in total. The van der Waals surface area contributed by atoms with Crippen LogP contribution in [-0.2, 0) is 14.4 Å². The van der Waals surface area contributed by atoms with Gasteiger partial charge in [0.1, 0.15) is 12.8 Å². The monoisotopic (exact) mass is 559 g/mol. The van der Waals surface area contributed by atoms with E-state index in [1.807, 2.05) is 37.3 Å². The Morgan fingerprint density at radius 1 is 1.21 bits per heavy atom. The third-order valence-corrected chi connectivity index (χ3v) is 11.6. The number of thioether (sulfide) groups is 1. The van der Waals surface area contributed by atoms with Gasteiger partial charge in [-0.15, -0.1) is 11.8 Å². The lowest BCUT2D eigenvalue weighted by atomic mass is 9.44. The molecule has 6 rings (SSSR count). The number of fused-ring (bicyclic) bond motifs is 7. The summed E-state index contributed by atoms with van der Waals surface area (Å²) in [6.07, 6.45) is 0.985. The lowest BCUT2D eigenvalue weighted by Crippen LogP contribution is -2.70. The van der Waals surface area contributed by atoms with Crippen molar-refractivity contribution in [2.24, 2.45) is 28.6 Å². The highest BCUT2D eigenvalue weighted by Crippen LogP contribution is 2.72. The Kier molecular flexibility index (Phi) is 6.51. The van der Waals surface area contributed by atoms with Crippen molar-refractivity contribution in [2.75, 3.05) is 25.4 Å². The minimum absolute atomic E-state index is 0.0683. The highest BCUT2D eigenvalue weighted by atomic mass is 32.2. The lowest BCUT2D eigenvalue weighted by Gasteiger charge is -2.63. The molecule has 9 atom stereocenters. The topological polar surface area (TPSA) is 87.1 Å². The van der Waals surface area contributed by atoms with E-state index in [1.165, 1.54) is 18.2 Å². The molecule has 0 spiro atoms. The zero-order valence-corrected chi connectivity index (χ0v) is 23.0. The molecule has 210 valence electrons. The number of alkyl halides is 2. The Morgan fingerprint density at radius 2 is 1.95 bits per heavy atom. The minimum Gasteiger partial charge on any atom is -0.390 e. The predicted molar refractivity (Wildman–Crippen MR) is 142 cm³/mol. The molecule has 0 aromatic heterocycles. The number of hydrogen-bond acceptors (Lipinski definition) is 7. The summed E-state index contributed by atoms with van der Waals surface area (Å²) in [4.78, 5) is 33.2. The molecule has 4 fully saturated rings. The minimum atomic E-state index is -2.21. The molecule has 4 aliphatic carbocycles. The average molecular weight is 560 g/mol. The predicted octanol–water partition coefficient (Wildman–Crippen LogP) is 3.87. The normalized spacial score (nSPS) is 44.8. The Hall–Kier alpha value is -1.91. The van der Waals surface area contributed by atoms with Crippen molar-refractivity contribution in [3.63, 3.8) is 0 Å². The first-order valence-corrected chi connectivity index (χ1v) is 14.7. The maximum Gasteiger partial charge on any atom is 0.192 e. The van der Waals surface area contributed by atoms with E-state index in [0.29, 0.717) is 19.5 Å². The van der Waals surface area contributed by atoms with Gasteiger partial charge in [0.15, 0.2) is 22.8 Å². The van der Waals surface area contributed by atoms with Crippen LogP contribution in [0, 0.1) is 28.6 Å². The maximum atomic E-state index is 17.4. The van der Waals surface area contributed by atoms with E-state index in [0.717, 1.165) is 10.6 Å². The number of aliphatic hydroxyl groups is 2.